The number of urea groups is 1. The zero-order valence-electron chi connectivity index (χ0n) is 8.00. The van der Waals surface area contributed by atoms with E-state index in [1.807, 2.05) is 5.43 Å². The minimum Gasteiger partial charge on any atom is -0.350 e. The van der Waals surface area contributed by atoms with Crippen LogP contribution in [-0.2, 0) is 0 Å². The van der Waals surface area contributed by atoms with Gasteiger partial charge >= 0.3 is 6.03 Å². The van der Waals surface area contributed by atoms with Crippen molar-refractivity contribution in [3.63, 3.8) is 0 Å². The Morgan fingerprint density at radius 1 is 1.33 bits per heavy atom. The summed E-state index contributed by atoms with van der Waals surface area (Å²) in [5.41, 5.74) is 9.94. The van der Waals surface area contributed by atoms with E-state index in [2.05, 4.69) is 5.43 Å². The molecule has 15 heavy (non-hydrogen) atoms. The molecule has 0 fully saturated rings. The van der Waals surface area contributed by atoms with Crippen LogP contribution in [0.2, 0.25) is 5.02 Å². The Hall–Kier alpha value is -1.75. The molecular formula is C9H10ClN3O2. The Kier molecular flexibility index (Phi) is 3.51. The quantitative estimate of drug-likeness (QED) is 0.625. The second-order valence-electron chi connectivity index (χ2n) is 2.88. The summed E-state index contributed by atoms with van der Waals surface area (Å²) >= 11 is 5.90. The van der Waals surface area contributed by atoms with E-state index < -0.39 is 11.9 Å². The summed E-state index contributed by atoms with van der Waals surface area (Å²) in [6.07, 6.45) is 0. The molecule has 0 saturated carbocycles. The van der Waals surface area contributed by atoms with E-state index in [0.29, 0.717) is 5.02 Å². The van der Waals surface area contributed by atoms with E-state index in [1.165, 1.54) is 0 Å². The predicted molar refractivity (Wildman–Crippen MR) is 56.4 cm³/mol. The van der Waals surface area contributed by atoms with Crippen LogP contribution in [0, 0.1) is 6.92 Å². The van der Waals surface area contributed by atoms with Gasteiger partial charge in [-0.25, -0.2) is 10.2 Å². The fraction of sp³-hybridized carbons (Fsp3) is 0.111. The van der Waals surface area contributed by atoms with Gasteiger partial charge in [0.15, 0.2) is 0 Å². The SMILES string of the molecule is Cc1cccc(C(=O)NNC(N)=O)c1Cl. The van der Waals surface area contributed by atoms with Crippen molar-refractivity contribution >= 4 is 23.5 Å². The Bertz CT molecular complexity index is 406. The number of nitrogens with one attached hydrogen (secondary N) is 2. The van der Waals surface area contributed by atoms with Crippen LogP contribution < -0.4 is 16.6 Å². The number of rotatable bonds is 1. The molecule has 0 unspecified atom stereocenters. The van der Waals surface area contributed by atoms with Gasteiger partial charge in [0.25, 0.3) is 5.91 Å². The number of carbonyl (C=O) groups excluding carboxylic acids is 2. The number of halogens is 1. The van der Waals surface area contributed by atoms with E-state index in [4.69, 9.17) is 17.3 Å². The normalized spacial score (nSPS) is 9.47. The minimum absolute atomic E-state index is 0.283. The van der Waals surface area contributed by atoms with E-state index in [-0.39, 0.29) is 5.56 Å². The number of aryl methyl sites for hydroxylation is 1. The summed E-state index contributed by atoms with van der Waals surface area (Å²) in [6.45, 7) is 1.78. The first-order chi connectivity index (χ1) is 7.02. The first-order valence-electron chi connectivity index (χ1n) is 4.13. The molecule has 80 valence electrons. The highest BCUT2D eigenvalue weighted by atomic mass is 35.5. The number of hydrazine groups is 1. The molecule has 0 aromatic heterocycles. The maximum Gasteiger partial charge on any atom is 0.330 e. The van der Waals surface area contributed by atoms with Crippen LogP contribution in [0.1, 0.15) is 15.9 Å². The Morgan fingerprint density at radius 3 is 2.60 bits per heavy atom. The summed E-state index contributed by atoms with van der Waals surface area (Å²) in [6, 6.07) is 4.18. The third kappa shape index (κ3) is 2.85. The van der Waals surface area contributed by atoms with Crippen molar-refractivity contribution in [1.29, 1.82) is 0 Å². The lowest BCUT2D eigenvalue weighted by Gasteiger charge is -2.07. The second-order valence-corrected chi connectivity index (χ2v) is 3.26. The molecule has 0 saturated heterocycles. The highest BCUT2D eigenvalue weighted by Gasteiger charge is 2.11. The van der Waals surface area contributed by atoms with Crippen molar-refractivity contribution in [3.8, 4) is 0 Å². The molecule has 0 aliphatic rings. The van der Waals surface area contributed by atoms with Gasteiger partial charge in [0, 0.05) is 0 Å². The van der Waals surface area contributed by atoms with E-state index in [1.54, 1.807) is 25.1 Å². The van der Waals surface area contributed by atoms with E-state index >= 15 is 0 Å². The summed E-state index contributed by atoms with van der Waals surface area (Å²) in [4.78, 5) is 21.8. The lowest BCUT2D eigenvalue weighted by molar-refractivity contribution is 0.0937. The Labute approximate surface area is 91.6 Å². The van der Waals surface area contributed by atoms with Gasteiger partial charge in [0.2, 0.25) is 0 Å². The smallest absolute Gasteiger partial charge is 0.330 e. The van der Waals surface area contributed by atoms with Gasteiger partial charge in [0.05, 0.1) is 10.6 Å². The van der Waals surface area contributed by atoms with Crippen molar-refractivity contribution in [1.82, 2.24) is 10.9 Å². The molecule has 0 heterocycles. The standard InChI is InChI=1S/C9H10ClN3O2/c1-5-3-2-4-6(7(5)10)8(14)12-13-9(11)15/h2-4H,1H3,(H,12,14)(H3,11,13,15). The average molecular weight is 228 g/mol. The molecule has 0 bridgehead atoms. The number of hydrogen-bond donors (Lipinski definition) is 3. The number of amides is 3. The van der Waals surface area contributed by atoms with Crippen molar-refractivity contribution in [3.05, 3.63) is 34.3 Å². The number of hydrogen-bond acceptors (Lipinski definition) is 2. The molecule has 0 aliphatic heterocycles. The Morgan fingerprint density at radius 2 is 2.00 bits per heavy atom. The first kappa shape index (κ1) is 11.3. The maximum absolute atomic E-state index is 11.5. The van der Waals surface area contributed by atoms with Gasteiger partial charge in [-0.2, -0.15) is 0 Å². The molecule has 0 spiro atoms. The average Bonchev–Trinajstić information content (AvgIpc) is 2.18. The van der Waals surface area contributed by atoms with Gasteiger partial charge < -0.3 is 5.73 Å². The number of nitrogens with two attached hydrogens (primary N) is 1. The highest BCUT2D eigenvalue weighted by molar-refractivity contribution is 6.34. The van der Waals surface area contributed by atoms with Crippen LogP contribution in [-0.4, -0.2) is 11.9 Å². The topological polar surface area (TPSA) is 84.2 Å². The zero-order chi connectivity index (χ0) is 11.4. The molecule has 0 atom stereocenters. The summed E-state index contributed by atoms with van der Waals surface area (Å²) in [7, 11) is 0. The van der Waals surface area contributed by atoms with Crippen molar-refractivity contribution in [2.24, 2.45) is 5.73 Å². The van der Waals surface area contributed by atoms with Crippen LogP contribution in [0.3, 0.4) is 0 Å². The molecule has 1 rings (SSSR count). The minimum atomic E-state index is -0.841. The van der Waals surface area contributed by atoms with Gasteiger partial charge in [-0.15, -0.1) is 0 Å². The van der Waals surface area contributed by atoms with E-state index in [9.17, 15) is 9.59 Å². The summed E-state index contributed by atoms with van der Waals surface area (Å²) in [5.74, 6) is -0.512. The third-order valence-electron chi connectivity index (χ3n) is 1.74. The van der Waals surface area contributed by atoms with Gasteiger partial charge in [-0.3, -0.25) is 10.2 Å². The maximum atomic E-state index is 11.5. The lowest BCUT2D eigenvalue weighted by atomic mass is 10.1. The van der Waals surface area contributed by atoms with E-state index in [0.717, 1.165) is 5.56 Å². The van der Waals surface area contributed by atoms with Crippen LogP contribution in [0.4, 0.5) is 4.79 Å². The van der Waals surface area contributed by atoms with Gasteiger partial charge in [0.1, 0.15) is 0 Å². The van der Waals surface area contributed by atoms with Crippen LogP contribution in [0.15, 0.2) is 18.2 Å². The molecule has 5 nitrogen and oxygen atoms in total. The van der Waals surface area contributed by atoms with Gasteiger partial charge in [-0.05, 0) is 18.6 Å². The lowest BCUT2D eigenvalue weighted by Crippen LogP contribution is -2.44. The first-order valence-corrected chi connectivity index (χ1v) is 4.51. The molecule has 3 amide bonds. The number of carbonyl (C=O) groups is 2. The van der Waals surface area contributed by atoms with Crippen molar-refractivity contribution in [2.75, 3.05) is 0 Å². The van der Waals surface area contributed by atoms with Crippen LogP contribution in [0.25, 0.3) is 0 Å². The monoisotopic (exact) mass is 227 g/mol. The predicted octanol–water partition coefficient (Wildman–Crippen LogP) is 0.962. The second kappa shape index (κ2) is 4.65. The number of primary amides is 1. The highest BCUT2D eigenvalue weighted by Crippen LogP contribution is 2.19. The fourth-order valence-electron chi connectivity index (χ4n) is 1.01. The fourth-order valence-corrected chi connectivity index (χ4v) is 1.22. The van der Waals surface area contributed by atoms with Gasteiger partial charge in [-0.1, -0.05) is 23.7 Å². The molecule has 6 heteroatoms. The van der Waals surface area contributed by atoms with Crippen LogP contribution in [0.5, 0.6) is 0 Å². The Balaban J connectivity index is 2.82. The number of benzene rings is 1. The van der Waals surface area contributed by atoms with Crippen molar-refractivity contribution in [2.45, 2.75) is 6.92 Å². The zero-order valence-corrected chi connectivity index (χ0v) is 8.76. The summed E-state index contributed by atoms with van der Waals surface area (Å²) in [5, 5.41) is 0.348. The molecule has 0 radical (unpaired) electrons. The largest absolute Gasteiger partial charge is 0.350 e. The molecule has 4 N–H and O–H groups in total. The third-order valence-corrected chi connectivity index (χ3v) is 2.24. The molecular weight excluding hydrogens is 218 g/mol. The molecule has 1 aromatic rings. The van der Waals surface area contributed by atoms with Crippen LogP contribution >= 0.6 is 11.6 Å². The summed E-state index contributed by atoms with van der Waals surface area (Å²) < 4.78 is 0. The molecule has 1 aromatic carbocycles. The molecule has 0 aliphatic carbocycles. The van der Waals surface area contributed by atoms with Crippen molar-refractivity contribution < 1.29 is 9.59 Å².